The standard InChI is InChI=1S/C7H12FNO/c8-5-1-7(2-5)3-6(10)4-9-7/h5-6,9-10H,1-4H2. The van der Waals surface area contributed by atoms with Gasteiger partial charge in [0, 0.05) is 12.1 Å². The van der Waals surface area contributed by atoms with Gasteiger partial charge in [-0.3, -0.25) is 0 Å². The van der Waals surface area contributed by atoms with E-state index < -0.39 is 6.17 Å². The second kappa shape index (κ2) is 1.92. The molecule has 2 fully saturated rings. The van der Waals surface area contributed by atoms with Gasteiger partial charge in [-0.2, -0.15) is 0 Å². The van der Waals surface area contributed by atoms with E-state index >= 15 is 0 Å². The Morgan fingerprint density at radius 2 is 2.10 bits per heavy atom. The lowest BCUT2D eigenvalue weighted by atomic mass is 9.74. The zero-order chi connectivity index (χ0) is 7.19. The summed E-state index contributed by atoms with van der Waals surface area (Å²) < 4.78 is 12.4. The van der Waals surface area contributed by atoms with Gasteiger partial charge >= 0.3 is 0 Å². The van der Waals surface area contributed by atoms with Crippen LogP contribution in [0.2, 0.25) is 0 Å². The Morgan fingerprint density at radius 3 is 2.50 bits per heavy atom. The lowest BCUT2D eigenvalue weighted by Crippen LogP contribution is -2.52. The molecule has 1 aliphatic heterocycles. The Balaban J connectivity index is 1.95. The van der Waals surface area contributed by atoms with Crippen LogP contribution in [0.5, 0.6) is 0 Å². The summed E-state index contributed by atoms with van der Waals surface area (Å²) in [4.78, 5) is 0. The third kappa shape index (κ3) is 0.847. The molecule has 1 saturated carbocycles. The number of nitrogens with one attached hydrogen (secondary N) is 1. The summed E-state index contributed by atoms with van der Waals surface area (Å²) in [6.07, 6.45) is 1.08. The van der Waals surface area contributed by atoms with Crippen LogP contribution in [0.15, 0.2) is 0 Å². The van der Waals surface area contributed by atoms with Gasteiger partial charge in [-0.05, 0) is 19.3 Å². The highest BCUT2D eigenvalue weighted by molar-refractivity contribution is 5.06. The van der Waals surface area contributed by atoms with Gasteiger partial charge < -0.3 is 10.4 Å². The second-order valence-corrected chi connectivity index (χ2v) is 3.52. The van der Waals surface area contributed by atoms with E-state index in [2.05, 4.69) is 5.32 Å². The summed E-state index contributed by atoms with van der Waals surface area (Å²) >= 11 is 0. The summed E-state index contributed by atoms with van der Waals surface area (Å²) in [6, 6.07) is 0. The molecule has 0 bridgehead atoms. The zero-order valence-electron chi connectivity index (χ0n) is 5.81. The fourth-order valence-electron chi connectivity index (χ4n) is 2.03. The van der Waals surface area contributed by atoms with Crippen LogP contribution in [0.3, 0.4) is 0 Å². The van der Waals surface area contributed by atoms with Crippen molar-refractivity contribution >= 4 is 0 Å². The van der Waals surface area contributed by atoms with E-state index in [0.717, 1.165) is 6.42 Å². The number of hydrogen-bond donors (Lipinski definition) is 2. The Bertz CT molecular complexity index is 139. The molecule has 0 radical (unpaired) electrons. The zero-order valence-corrected chi connectivity index (χ0v) is 5.81. The van der Waals surface area contributed by atoms with E-state index in [9.17, 15) is 4.39 Å². The van der Waals surface area contributed by atoms with E-state index in [4.69, 9.17) is 5.11 Å². The van der Waals surface area contributed by atoms with Crippen molar-refractivity contribution in [2.75, 3.05) is 6.54 Å². The SMILES string of the molecule is OC1CNC2(C1)CC(F)C2. The molecule has 0 aromatic rings. The fraction of sp³-hybridized carbons (Fsp3) is 1.00. The number of halogens is 1. The fourth-order valence-corrected chi connectivity index (χ4v) is 2.03. The topological polar surface area (TPSA) is 32.3 Å². The molecule has 0 aromatic carbocycles. The number of aliphatic hydroxyl groups is 1. The maximum atomic E-state index is 12.4. The molecular weight excluding hydrogens is 133 g/mol. The number of rotatable bonds is 0. The van der Waals surface area contributed by atoms with Crippen LogP contribution in [-0.4, -0.2) is 29.5 Å². The van der Waals surface area contributed by atoms with E-state index in [1.165, 1.54) is 0 Å². The van der Waals surface area contributed by atoms with E-state index in [1.807, 2.05) is 0 Å². The molecule has 1 aliphatic carbocycles. The van der Waals surface area contributed by atoms with Crippen molar-refractivity contribution in [1.82, 2.24) is 5.32 Å². The number of hydrogen-bond acceptors (Lipinski definition) is 2. The number of alkyl halides is 1. The molecule has 1 heterocycles. The first-order chi connectivity index (χ1) is 4.70. The molecule has 3 heteroatoms. The maximum absolute atomic E-state index is 12.4. The average Bonchev–Trinajstić information content (AvgIpc) is 2.10. The summed E-state index contributed by atoms with van der Waals surface area (Å²) in [5.74, 6) is 0. The normalized spacial score (nSPS) is 53.4. The number of aliphatic hydroxyl groups excluding tert-OH is 1. The van der Waals surface area contributed by atoms with Crippen LogP contribution in [0.25, 0.3) is 0 Å². The molecule has 0 aromatic heterocycles. The van der Waals surface area contributed by atoms with Crippen molar-refractivity contribution in [3.63, 3.8) is 0 Å². The van der Waals surface area contributed by atoms with Gasteiger partial charge in [0.05, 0.1) is 6.10 Å². The Labute approximate surface area is 59.4 Å². The van der Waals surface area contributed by atoms with Crippen molar-refractivity contribution in [3.05, 3.63) is 0 Å². The predicted molar refractivity (Wildman–Crippen MR) is 35.5 cm³/mol. The second-order valence-electron chi connectivity index (χ2n) is 3.52. The highest BCUT2D eigenvalue weighted by atomic mass is 19.1. The van der Waals surface area contributed by atoms with Crippen molar-refractivity contribution in [2.45, 2.75) is 37.1 Å². The Morgan fingerprint density at radius 1 is 1.40 bits per heavy atom. The largest absolute Gasteiger partial charge is 0.392 e. The summed E-state index contributed by atoms with van der Waals surface area (Å²) in [5.41, 5.74) is -0.0150. The number of β-amino-alcohol motifs (C(OH)–C–C–N with tert-alkyl or cyclic N) is 1. The first-order valence-electron chi connectivity index (χ1n) is 3.77. The first kappa shape index (κ1) is 6.55. The van der Waals surface area contributed by atoms with Crippen molar-refractivity contribution < 1.29 is 9.50 Å². The van der Waals surface area contributed by atoms with Gasteiger partial charge in [0.1, 0.15) is 6.17 Å². The quantitative estimate of drug-likeness (QED) is 0.510. The highest BCUT2D eigenvalue weighted by Crippen LogP contribution is 2.40. The van der Waals surface area contributed by atoms with Gasteiger partial charge in [0.15, 0.2) is 0 Å². The van der Waals surface area contributed by atoms with Crippen LogP contribution in [-0.2, 0) is 0 Å². The minimum atomic E-state index is -0.627. The van der Waals surface area contributed by atoms with Gasteiger partial charge in [-0.15, -0.1) is 0 Å². The van der Waals surface area contributed by atoms with Crippen LogP contribution in [0, 0.1) is 0 Å². The summed E-state index contributed by atoms with van der Waals surface area (Å²) in [6.45, 7) is 0.646. The molecule has 1 unspecified atom stereocenters. The minimum Gasteiger partial charge on any atom is -0.392 e. The van der Waals surface area contributed by atoms with E-state index in [1.54, 1.807) is 0 Å². The van der Waals surface area contributed by atoms with Gasteiger partial charge in [-0.25, -0.2) is 4.39 Å². The molecule has 1 spiro atoms. The lowest BCUT2D eigenvalue weighted by Gasteiger charge is -2.41. The molecule has 2 aliphatic rings. The predicted octanol–water partition coefficient (Wildman–Crippen LogP) is 0.211. The lowest BCUT2D eigenvalue weighted by molar-refractivity contribution is 0.0712. The van der Waals surface area contributed by atoms with E-state index in [-0.39, 0.29) is 11.6 Å². The molecule has 2 nitrogen and oxygen atoms in total. The first-order valence-corrected chi connectivity index (χ1v) is 3.77. The molecule has 0 amide bonds. The monoisotopic (exact) mass is 145 g/mol. The van der Waals surface area contributed by atoms with Gasteiger partial charge in [0.25, 0.3) is 0 Å². The van der Waals surface area contributed by atoms with Gasteiger partial charge in [-0.1, -0.05) is 0 Å². The van der Waals surface area contributed by atoms with Crippen LogP contribution in [0.1, 0.15) is 19.3 Å². The molecule has 2 N–H and O–H groups in total. The smallest absolute Gasteiger partial charge is 0.104 e. The van der Waals surface area contributed by atoms with Gasteiger partial charge in [0.2, 0.25) is 0 Å². The average molecular weight is 145 g/mol. The van der Waals surface area contributed by atoms with Crippen molar-refractivity contribution in [2.24, 2.45) is 0 Å². The molecule has 58 valence electrons. The minimum absolute atomic E-state index is 0.0150. The van der Waals surface area contributed by atoms with Crippen LogP contribution in [0.4, 0.5) is 4.39 Å². The molecule has 10 heavy (non-hydrogen) atoms. The molecule has 1 saturated heterocycles. The van der Waals surface area contributed by atoms with Crippen molar-refractivity contribution in [1.29, 1.82) is 0 Å². The Kier molecular flexibility index (Phi) is 1.26. The summed E-state index contributed by atoms with van der Waals surface area (Å²) in [5, 5.41) is 12.3. The maximum Gasteiger partial charge on any atom is 0.104 e. The third-order valence-corrected chi connectivity index (χ3v) is 2.56. The molecule has 1 atom stereocenters. The van der Waals surface area contributed by atoms with Crippen molar-refractivity contribution in [3.8, 4) is 0 Å². The molecular formula is C7H12FNO. The van der Waals surface area contributed by atoms with E-state index in [0.29, 0.717) is 19.4 Å². The summed E-state index contributed by atoms with van der Waals surface area (Å²) in [7, 11) is 0. The van der Waals surface area contributed by atoms with Crippen LogP contribution < -0.4 is 5.32 Å². The Hall–Kier alpha value is -0.150. The van der Waals surface area contributed by atoms with Crippen LogP contribution >= 0.6 is 0 Å². The highest BCUT2D eigenvalue weighted by Gasteiger charge is 2.48. The molecule has 2 rings (SSSR count). The third-order valence-electron chi connectivity index (χ3n) is 2.56.